The van der Waals surface area contributed by atoms with Crippen molar-refractivity contribution in [1.82, 2.24) is 20.0 Å². The van der Waals surface area contributed by atoms with E-state index in [0.29, 0.717) is 23.4 Å². The lowest BCUT2D eigenvalue weighted by Gasteiger charge is -2.21. The standard InChI is InChI=1S/C21H20N4O5/c1-2-10-24(13-17-22-23-19(30-17)16-8-5-12-29-16)18(26)9-11-25-20(27)14-6-3-4-7-15(14)21(25)28/h3-8,12H,2,9-11,13H2,1H3. The van der Waals surface area contributed by atoms with Crippen molar-refractivity contribution < 1.29 is 23.2 Å². The molecule has 0 fully saturated rings. The van der Waals surface area contributed by atoms with E-state index < -0.39 is 0 Å². The Hall–Kier alpha value is -3.75. The molecule has 1 aromatic carbocycles. The molecule has 3 amide bonds. The zero-order valence-corrected chi connectivity index (χ0v) is 16.4. The second-order valence-corrected chi connectivity index (χ2v) is 6.85. The molecule has 9 heteroatoms. The van der Waals surface area contributed by atoms with Crippen molar-refractivity contribution in [3.05, 3.63) is 59.7 Å². The summed E-state index contributed by atoms with van der Waals surface area (Å²) in [5.74, 6) is 0.0311. The predicted octanol–water partition coefficient (Wildman–Crippen LogP) is 2.75. The number of benzene rings is 1. The number of fused-ring (bicyclic) bond motifs is 1. The summed E-state index contributed by atoms with van der Waals surface area (Å²) in [7, 11) is 0. The molecule has 4 rings (SSSR count). The fourth-order valence-electron chi connectivity index (χ4n) is 3.35. The molecule has 0 spiro atoms. The zero-order valence-electron chi connectivity index (χ0n) is 16.4. The van der Waals surface area contributed by atoms with Crippen LogP contribution >= 0.6 is 0 Å². The molecule has 30 heavy (non-hydrogen) atoms. The number of nitrogens with zero attached hydrogens (tertiary/aromatic N) is 4. The van der Waals surface area contributed by atoms with E-state index in [2.05, 4.69) is 10.2 Å². The molecule has 0 aliphatic carbocycles. The van der Waals surface area contributed by atoms with Crippen molar-refractivity contribution in [2.45, 2.75) is 26.3 Å². The molecule has 0 N–H and O–H groups in total. The number of aromatic nitrogens is 2. The Bertz CT molecular complexity index is 1040. The fraction of sp³-hybridized carbons (Fsp3) is 0.286. The first kappa shape index (κ1) is 19.6. The van der Waals surface area contributed by atoms with Crippen LogP contribution in [0.3, 0.4) is 0 Å². The average molecular weight is 408 g/mol. The Kier molecular flexibility index (Phi) is 5.42. The summed E-state index contributed by atoms with van der Waals surface area (Å²) in [6, 6.07) is 10.1. The maximum Gasteiger partial charge on any atom is 0.283 e. The summed E-state index contributed by atoms with van der Waals surface area (Å²) in [5.41, 5.74) is 0.744. The fourth-order valence-corrected chi connectivity index (χ4v) is 3.35. The lowest BCUT2D eigenvalue weighted by Crippen LogP contribution is -2.37. The summed E-state index contributed by atoms with van der Waals surface area (Å²) in [6.07, 6.45) is 2.26. The number of rotatable bonds is 8. The topological polar surface area (TPSA) is 110 Å². The minimum atomic E-state index is -0.370. The third-order valence-electron chi connectivity index (χ3n) is 4.80. The quantitative estimate of drug-likeness (QED) is 0.527. The molecule has 0 saturated heterocycles. The smallest absolute Gasteiger partial charge is 0.283 e. The summed E-state index contributed by atoms with van der Waals surface area (Å²) >= 11 is 0. The van der Waals surface area contributed by atoms with Crippen LogP contribution in [0.4, 0.5) is 0 Å². The van der Waals surface area contributed by atoms with E-state index in [1.54, 1.807) is 41.3 Å². The van der Waals surface area contributed by atoms with E-state index in [9.17, 15) is 14.4 Å². The van der Waals surface area contributed by atoms with Crippen LogP contribution in [0.15, 0.2) is 51.5 Å². The minimum Gasteiger partial charge on any atom is -0.459 e. The van der Waals surface area contributed by atoms with Gasteiger partial charge in [0.25, 0.3) is 17.7 Å². The second-order valence-electron chi connectivity index (χ2n) is 6.85. The first-order valence-corrected chi connectivity index (χ1v) is 9.67. The molecule has 154 valence electrons. The van der Waals surface area contributed by atoms with Gasteiger partial charge in [-0.2, -0.15) is 0 Å². The molecule has 0 atom stereocenters. The van der Waals surface area contributed by atoms with Gasteiger partial charge in [0.1, 0.15) is 0 Å². The summed E-state index contributed by atoms with van der Waals surface area (Å²) < 4.78 is 10.8. The highest BCUT2D eigenvalue weighted by molar-refractivity contribution is 6.21. The van der Waals surface area contributed by atoms with Gasteiger partial charge >= 0.3 is 0 Å². The number of amides is 3. The van der Waals surface area contributed by atoms with Crippen LogP contribution in [0.1, 0.15) is 46.4 Å². The van der Waals surface area contributed by atoms with Crippen LogP contribution in [-0.2, 0) is 11.3 Å². The molecule has 0 radical (unpaired) electrons. The first-order chi connectivity index (χ1) is 14.6. The highest BCUT2D eigenvalue weighted by atomic mass is 16.4. The predicted molar refractivity (Wildman–Crippen MR) is 104 cm³/mol. The number of furan rings is 1. The van der Waals surface area contributed by atoms with E-state index >= 15 is 0 Å². The Morgan fingerprint density at radius 3 is 2.43 bits per heavy atom. The SMILES string of the molecule is CCCN(Cc1nnc(-c2ccco2)o1)C(=O)CCN1C(=O)c2ccccc2C1=O. The van der Waals surface area contributed by atoms with Crippen LogP contribution in [0.2, 0.25) is 0 Å². The maximum atomic E-state index is 12.8. The molecule has 1 aliphatic heterocycles. The molecule has 3 aromatic rings. The van der Waals surface area contributed by atoms with Crippen molar-refractivity contribution in [2.24, 2.45) is 0 Å². The van der Waals surface area contributed by atoms with E-state index in [0.717, 1.165) is 11.3 Å². The van der Waals surface area contributed by atoms with Gasteiger partial charge in [0.2, 0.25) is 11.8 Å². The Morgan fingerprint density at radius 1 is 1.07 bits per heavy atom. The van der Waals surface area contributed by atoms with Gasteiger partial charge < -0.3 is 13.7 Å². The molecule has 2 aromatic heterocycles. The second kappa shape index (κ2) is 8.32. The average Bonchev–Trinajstić information content (AvgIpc) is 3.48. The van der Waals surface area contributed by atoms with Crippen LogP contribution in [0.25, 0.3) is 11.7 Å². The molecular formula is C21H20N4O5. The van der Waals surface area contributed by atoms with Gasteiger partial charge in [-0.1, -0.05) is 19.1 Å². The third-order valence-corrected chi connectivity index (χ3v) is 4.80. The van der Waals surface area contributed by atoms with Crippen LogP contribution < -0.4 is 0 Å². The third kappa shape index (κ3) is 3.73. The first-order valence-electron chi connectivity index (χ1n) is 9.67. The maximum absolute atomic E-state index is 12.8. The molecule has 0 unspecified atom stereocenters. The van der Waals surface area contributed by atoms with E-state index in [1.807, 2.05) is 6.92 Å². The van der Waals surface area contributed by atoms with Gasteiger partial charge in [0.05, 0.1) is 23.9 Å². The van der Waals surface area contributed by atoms with E-state index in [1.165, 1.54) is 6.26 Å². The van der Waals surface area contributed by atoms with Gasteiger partial charge in [0.15, 0.2) is 5.76 Å². The van der Waals surface area contributed by atoms with E-state index in [4.69, 9.17) is 8.83 Å². The van der Waals surface area contributed by atoms with Gasteiger partial charge in [-0.25, -0.2) is 0 Å². The number of carbonyl (C=O) groups excluding carboxylic acids is 3. The van der Waals surface area contributed by atoms with Gasteiger partial charge in [-0.3, -0.25) is 19.3 Å². The summed E-state index contributed by atoms with van der Waals surface area (Å²) in [4.78, 5) is 40.4. The molecule has 0 saturated carbocycles. The monoisotopic (exact) mass is 408 g/mol. The highest BCUT2D eigenvalue weighted by Gasteiger charge is 2.35. The number of hydrogen-bond donors (Lipinski definition) is 0. The largest absolute Gasteiger partial charge is 0.459 e. The van der Waals surface area contributed by atoms with Crippen molar-refractivity contribution >= 4 is 17.7 Å². The molecule has 3 heterocycles. The van der Waals surface area contributed by atoms with Crippen LogP contribution in [0, 0.1) is 0 Å². The zero-order chi connectivity index (χ0) is 21.1. The van der Waals surface area contributed by atoms with Crippen LogP contribution in [0.5, 0.6) is 0 Å². The minimum absolute atomic E-state index is 0.0185. The van der Waals surface area contributed by atoms with Crippen LogP contribution in [-0.4, -0.2) is 50.8 Å². The number of carbonyl (C=O) groups is 3. The van der Waals surface area contributed by atoms with Crippen molar-refractivity contribution in [2.75, 3.05) is 13.1 Å². The van der Waals surface area contributed by atoms with Gasteiger partial charge in [-0.15, -0.1) is 10.2 Å². The Labute approximate surface area is 172 Å². The molecule has 0 bridgehead atoms. The van der Waals surface area contributed by atoms with Crippen molar-refractivity contribution in [3.63, 3.8) is 0 Å². The van der Waals surface area contributed by atoms with Crippen molar-refractivity contribution in [1.29, 1.82) is 0 Å². The van der Waals surface area contributed by atoms with Gasteiger partial charge in [0, 0.05) is 19.5 Å². The number of imide groups is 1. The Morgan fingerprint density at radius 2 is 1.80 bits per heavy atom. The lowest BCUT2D eigenvalue weighted by molar-refractivity contribution is -0.132. The molecule has 1 aliphatic rings. The van der Waals surface area contributed by atoms with E-state index in [-0.39, 0.29) is 49.0 Å². The highest BCUT2D eigenvalue weighted by Crippen LogP contribution is 2.23. The normalized spacial score (nSPS) is 13.0. The Balaban J connectivity index is 1.40. The van der Waals surface area contributed by atoms with Gasteiger partial charge in [-0.05, 0) is 30.7 Å². The summed E-state index contributed by atoms with van der Waals surface area (Å²) in [6.45, 7) is 2.60. The lowest BCUT2D eigenvalue weighted by atomic mass is 10.1. The number of hydrogen-bond acceptors (Lipinski definition) is 7. The molecular weight excluding hydrogens is 388 g/mol. The molecule has 9 nitrogen and oxygen atoms in total. The summed E-state index contributed by atoms with van der Waals surface area (Å²) in [5, 5.41) is 7.91. The van der Waals surface area contributed by atoms with Crippen molar-refractivity contribution in [3.8, 4) is 11.7 Å².